The number of rotatable bonds is 4. The number of carboxylic acids is 1. The van der Waals surface area contributed by atoms with Gasteiger partial charge in [0.15, 0.2) is 6.04 Å². The Balaban J connectivity index is 2.14. The number of aliphatic carboxylic acids is 1. The maximum absolute atomic E-state index is 11.9. The summed E-state index contributed by atoms with van der Waals surface area (Å²) in [7, 11) is 1.67. The largest absolute Gasteiger partial charge is 0.479 e. The first-order chi connectivity index (χ1) is 9.00. The van der Waals surface area contributed by atoms with Crippen LogP contribution in [0.5, 0.6) is 0 Å². The van der Waals surface area contributed by atoms with Crippen molar-refractivity contribution >= 4 is 23.6 Å². The first-order valence-electron chi connectivity index (χ1n) is 6.01. The van der Waals surface area contributed by atoms with Gasteiger partial charge < -0.3 is 15.3 Å². The number of hydrogen-bond acceptors (Lipinski definition) is 2. The van der Waals surface area contributed by atoms with Gasteiger partial charge in [0.2, 0.25) is 0 Å². The molecule has 1 atom stereocenters. The minimum absolute atomic E-state index is 0.223. The van der Waals surface area contributed by atoms with Crippen LogP contribution in [0.15, 0.2) is 24.3 Å². The van der Waals surface area contributed by atoms with E-state index in [1.165, 1.54) is 4.90 Å². The lowest BCUT2D eigenvalue weighted by Crippen LogP contribution is -2.42. The van der Waals surface area contributed by atoms with Crippen LogP contribution in [-0.2, 0) is 4.79 Å². The molecule has 0 spiro atoms. The number of carboxylic acid groups (broad SMARTS) is 1. The normalized spacial score (nSPS) is 15.7. The fourth-order valence-corrected chi connectivity index (χ4v) is 2.08. The van der Waals surface area contributed by atoms with E-state index in [-0.39, 0.29) is 6.04 Å². The van der Waals surface area contributed by atoms with Crippen molar-refractivity contribution in [3.8, 4) is 0 Å². The highest BCUT2D eigenvalue weighted by Crippen LogP contribution is 2.27. The standard InChI is InChI=1S/C13H15ClN2O3/c1-16(8-6-7-8)13(19)15-11(12(17)18)9-4-2-3-5-10(9)14/h2-5,8,11H,6-7H2,1H3,(H,15,19)(H,17,18)/t11-/m1/s1. The molecule has 5 nitrogen and oxygen atoms in total. The van der Waals surface area contributed by atoms with Gasteiger partial charge in [0.25, 0.3) is 0 Å². The second kappa shape index (κ2) is 5.48. The number of benzene rings is 1. The summed E-state index contributed by atoms with van der Waals surface area (Å²) in [5, 5.41) is 12.1. The molecule has 6 heteroatoms. The van der Waals surface area contributed by atoms with Gasteiger partial charge >= 0.3 is 12.0 Å². The number of nitrogens with zero attached hydrogens (tertiary/aromatic N) is 1. The lowest BCUT2D eigenvalue weighted by atomic mass is 10.1. The van der Waals surface area contributed by atoms with Crippen LogP contribution in [0.1, 0.15) is 24.4 Å². The Morgan fingerprint density at radius 1 is 1.42 bits per heavy atom. The summed E-state index contributed by atoms with van der Waals surface area (Å²) in [6.45, 7) is 0. The maximum Gasteiger partial charge on any atom is 0.331 e. The van der Waals surface area contributed by atoms with Crippen LogP contribution in [0.25, 0.3) is 0 Å². The molecule has 2 rings (SSSR count). The van der Waals surface area contributed by atoms with Gasteiger partial charge in [-0.25, -0.2) is 9.59 Å². The molecule has 1 aliphatic rings. The van der Waals surface area contributed by atoms with Crippen LogP contribution in [-0.4, -0.2) is 35.1 Å². The van der Waals surface area contributed by atoms with E-state index < -0.39 is 18.0 Å². The van der Waals surface area contributed by atoms with Crippen molar-refractivity contribution in [2.75, 3.05) is 7.05 Å². The summed E-state index contributed by atoms with van der Waals surface area (Å²) in [6, 6.07) is 5.29. The molecule has 19 heavy (non-hydrogen) atoms. The average molecular weight is 283 g/mol. The average Bonchev–Trinajstić information content (AvgIpc) is 3.19. The van der Waals surface area contributed by atoms with Gasteiger partial charge in [-0.15, -0.1) is 0 Å². The first-order valence-corrected chi connectivity index (χ1v) is 6.39. The highest BCUT2D eigenvalue weighted by atomic mass is 35.5. The van der Waals surface area contributed by atoms with Gasteiger partial charge in [-0.2, -0.15) is 0 Å². The van der Waals surface area contributed by atoms with Gasteiger partial charge in [0.1, 0.15) is 0 Å². The fraction of sp³-hybridized carbons (Fsp3) is 0.385. The van der Waals surface area contributed by atoms with E-state index in [4.69, 9.17) is 11.6 Å². The van der Waals surface area contributed by atoms with Crippen molar-refractivity contribution in [2.24, 2.45) is 0 Å². The van der Waals surface area contributed by atoms with Crippen LogP contribution < -0.4 is 5.32 Å². The quantitative estimate of drug-likeness (QED) is 0.890. The summed E-state index contributed by atoms with van der Waals surface area (Å²) in [5.41, 5.74) is 0.384. The molecule has 0 radical (unpaired) electrons. The number of carbonyl (C=O) groups is 2. The van der Waals surface area contributed by atoms with E-state index in [0.717, 1.165) is 12.8 Å². The Morgan fingerprint density at radius 2 is 2.05 bits per heavy atom. The summed E-state index contributed by atoms with van der Waals surface area (Å²) in [4.78, 5) is 24.8. The van der Waals surface area contributed by atoms with Gasteiger partial charge in [0, 0.05) is 23.7 Å². The zero-order chi connectivity index (χ0) is 14.0. The molecule has 0 aliphatic heterocycles. The molecular formula is C13H15ClN2O3. The van der Waals surface area contributed by atoms with Gasteiger partial charge in [-0.1, -0.05) is 29.8 Å². The summed E-state index contributed by atoms with van der Waals surface area (Å²) in [6.07, 6.45) is 1.93. The molecule has 0 bridgehead atoms. The molecular weight excluding hydrogens is 268 g/mol. The second-order valence-electron chi connectivity index (χ2n) is 4.58. The van der Waals surface area contributed by atoms with Crippen molar-refractivity contribution < 1.29 is 14.7 Å². The molecule has 1 aromatic rings. The van der Waals surface area contributed by atoms with Gasteiger partial charge in [-0.05, 0) is 18.9 Å². The van der Waals surface area contributed by atoms with E-state index in [9.17, 15) is 14.7 Å². The monoisotopic (exact) mass is 282 g/mol. The van der Waals surface area contributed by atoms with E-state index in [1.54, 1.807) is 31.3 Å². The summed E-state index contributed by atoms with van der Waals surface area (Å²) < 4.78 is 0. The van der Waals surface area contributed by atoms with E-state index in [0.29, 0.717) is 10.6 Å². The number of urea groups is 1. The minimum atomic E-state index is -1.14. The molecule has 2 amide bonds. The third-order valence-electron chi connectivity index (χ3n) is 3.15. The number of hydrogen-bond donors (Lipinski definition) is 2. The minimum Gasteiger partial charge on any atom is -0.479 e. The Bertz CT molecular complexity index is 502. The summed E-state index contributed by atoms with van der Waals surface area (Å²) >= 11 is 5.97. The summed E-state index contributed by atoms with van der Waals surface area (Å²) in [5.74, 6) is -1.13. The Hall–Kier alpha value is -1.75. The lowest BCUT2D eigenvalue weighted by Gasteiger charge is -2.21. The van der Waals surface area contributed by atoms with Crippen LogP contribution in [0, 0.1) is 0 Å². The molecule has 0 saturated heterocycles. The number of amides is 2. The number of carbonyl (C=O) groups excluding carboxylic acids is 1. The van der Waals surface area contributed by atoms with Crippen molar-refractivity contribution in [3.05, 3.63) is 34.9 Å². The first kappa shape index (κ1) is 13.7. The molecule has 1 aliphatic carbocycles. The maximum atomic E-state index is 11.9. The van der Waals surface area contributed by atoms with Crippen molar-refractivity contribution in [1.82, 2.24) is 10.2 Å². The number of halogens is 1. The fourth-order valence-electron chi connectivity index (χ4n) is 1.83. The van der Waals surface area contributed by atoms with Crippen molar-refractivity contribution in [1.29, 1.82) is 0 Å². The van der Waals surface area contributed by atoms with Crippen molar-refractivity contribution in [3.63, 3.8) is 0 Å². The molecule has 102 valence electrons. The second-order valence-corrected chi connectivity index (χ2v) is 4.99. The third kappa shape index (κ3) is 3.17. The Kier molecular flexibility index (Phi) is 3.95. The molecule has 2 N–H and O–H groups in total. The zero-order valence-corrected chi connectivity index (χ0v) is 11.2. The lowest BCUT2D eigenvalue weighted by molar-refractivity contribution is -0.139. The molecule has 1 aromatic carbocycles. The zero-order valence-electron chi connectivity index (χ0n) is 10.5. The SMILES string of the molecule is CN(C(=O)N[C@@H](C(=O)O)c1ccccc1Cl)C1CC1. The Morgan fingerprint density at radius 3 is 2.58 bits per heavy atom. The van der Waals surface area contributed by atoms with Gasteiger partial charge in [0.05, 0.1) is 0 Å². The van der Waals surface area contributed by atoms with Crippen LogP contribution in [0.3, 0.4) is 0 Å². The van der Waals surface area contributed by atoms with Crippen molar-refractivity contribution in [2.45, 2.75) is 24.9 Å². The highest BCUT2D eigenvalue weighted by molar-refractivity contribution is 6.31. The molecule has 1 fully saturated rings. The van der Waals surface area contributed by atoms with Crippen LogP contribution in [0.4, 0.5) is 4.79 Å². The van der Waals surface area contributed by atoms with E-state index >= 15 is 0 Å². The highest BCUT2D eigenvalue weighted by Gasteiger charge is 2.32. The number of nitrogens with one attached hydrogen (secondary N) is 1. The predicted octanol–water partition coefficient (Wildman–Crippen LogP) is 2.27. The molecule has 1 saturated carbocycles. The van der Waals surface area contributed by atoms with Gasteiger partial charge in [-0.3, -0.25) is 0 Å². The molecule has 0 unspecified atom stereocenters. The van der Waals surface area contributed by atoms with E-state index in [1.807, 2.05) is 0 Å². The van der Waals surface area contributed by atoms with E-state index in [2.05, 4.69) is 5.32 Å². The van der Waals surface area contributed by atoms with Crippen LogP contribution >= 0.6 is 11.6 Å². The topological polar surface area (TPSA) is 69.6 Å². The molecule has 0 aromatic heterocycles. The predicted molar refractivity (Wildman–Crippen MR) is 71.1 cm³/mol. The Labute approximate surface area is 116 Å². The third-order valence-corrected chi connectivity index (χ3v) is 3.49. The molecule has 0 heterocycles. The smallest absolute Gasteiger partial charge is 0.331 e. The van der Waals surface area contributed by atoms with Crippen LogP contribution in [0.2, 0.25) is 5.02 Å².